The molecule has 2 aromatic heterocycles. The maximum absolute atomic E-state index is 14.5. The molecule has 0 fully saturated rings. The van der Waals surface area contributed by atoms with E-state index in [1.165, 1.54) is 12.3 Å². The lowest BCUT2D eigenvalue weighted by molar-refractivity contribution is 0.191. The molecule has 35 heavy (non-hydrogen) atoms. The van der Waals surface area contributed by atoms with Gasteiger partial charge in [-0.2, -0.15) is 5.10 Å². The summed E-state index contributed by atoms with van der Waals surface area (Å²) in [7, 11) is -3.71. The molecule has 0 aliphatic heterocycles. The molecule has 0 bridgehead atoms. The van der Waals surface area contributed by atoms with Crippen molar-refractivity contribution in [3.05, 3.63) is 41.4 Å². The predicted octanol–water partition coefficient (Wildman–Crippen LogP) is 3.82. The van der Waals surface area contributed by atoms with Gasteiger partial charge in [0.2, 0.25) is 16.0 Å². The zero-order chi connectivity index (χ0) is 25.9. The summed E-state index contributed by atoms with van der Waals surface area (Å²) in [4.78, 5) is 19.4. The first-order valence-corrected chi connectivity index (χ1v) is 12.7. The molecule has 0 saturated heterocycles. The largest absolute Gasteiger partial charge is 0.465 e. The zero-order valence-corrected chi connectivity index (χ0v) is 20.9. The number of amides is 1. The Labute approximate surface area is 206 Å². The van der Waals surface area contributed by atoms with Crippen molar-refractivity contribution >= 4 is 39.4 Å². The van der Waals surface area contributed by atoms with Crippen molar-refractivity contribution < 1.29 is 22.7 Å². The second-order valence-electron chi connectivity index (χ2n) is 8.15. The number of halogens is 2. The molecule has 1 atom stereocenters. The molecular weight excluding hydrogens is 501 g/mol. The van der Waals surface area contributed by atoms with Gasteiger partial charge < -0.3 is 15.7 Å². The number of carbonyl (C=O) groups is 1. The minimum absolute atomic E-state index is 0.0203. The number of aromatic nitrogens is 4. The third-order valence-electron chi connectivity index (χ3n) is 4.72. The molecule has 0 saturated carbocycles. The molecule has 14 heteroatoms. The smallest absolute Gasteiger partial charge is 0.404 e. The Bertz CT molecular complexity index is 1350. The quantitative estimate of drug-likeness (QED) is 0.329. The summed E-state index contributed by atoms with van der Waals surface area (Å²) in [5.41, 5.74) is 1.32. The van der Waals surface area contributed by atoms with Crippen LogP contribution in [0, 0.1) is 5.82 Å². The van der Waals surface area contributed by atoms with Crippen LogP contribution in [0.5, 0.6) is 0 Å². The van der Waals surface area contributed by atoms with Crippen LogP contribution < -0.4 is 15.4 Å². The van der Waals surface area contributed by atoms with E-state index in [-0.39, 0.29) is 34.8 Å². The van der Waals surface area contributed by atoms with Crippen LogP contribution in [0.3, 0.4) is 0 Å². The van der Waals surface area contributed by atoms with E-state index in [0.29, 0.717) is 17.0 Å². The van der Waals surface area contributed by atoms with E-state index in [4.69, 9.17) is 16.7 Å². The number of carboxylic acid groups (broad SMARTS) is 1. The van der Waals surface area contributed by atoms with E-state index in [9.17, 15) is 17.6 Å². The molecule has 4 N–H and O–H groups in total. The minimum Gasteiger partial charge on any atom is -0.465 e. The number of hydrogen-bond acceptors (Lipinski definition) is 7. The number of benzene rings is 1. The van der Waals surface area contributed by atoms with Crippen LogP contribution in [0.25, 0.3) is 22.5 Å². The number of nitrogens with one attached hydrogen (secondary N) is 3. The molecule has 0 radical (unpaired) electrons. The van der Waals surface area contributed by atoms with E-state index in [1.807, 2.05) is 13.8 Å². The summed E-state index contributed by atoms with van der Waals surface area (Å²) in [5.74, 6) is -0.458. The fourth-order valence-electron chi connectivity index (χ4n) is 3.18. The van der Waals surface area contributed by atoms with Crippen LogP contribution in [0.15, 0.2) is 30.6 Å². The van der Waals surface area contributed by atoms with E-state index in [2.05, 4.69) is 30.4 Å². The Morgan fingerprint density at radius 3 is 2.60 bits per heavy atom. The van der Waals surface area contributed by atoms with Crippen LogP contribution >= 0.6 is 11.6 Å². The Balaban J connectivity index is 2.06. The first-order chi connectivity index (χ1) is 16.3. The molecule has 188 valence electrons. The predicted molar refractivity (Wildman–Crippen MR) is 132 cm³/mol. The molecular formula is C21H25ClFN7O4S. The van der Waals surface area contributed by atoms with Crippen molar-refractivity contribution in [1.29, 1.82) is 0 Å². The van der Waals surface area contributed by atoms with Gasteiger partial charge in [0, 0.05) is 42.1 Å². The summed E-state index contributed by atoms with van der Waals surface area (Å²) < 4.78 is 41.8. The molecule has 0 unspecified atom stereocenters. The number of anilines is 2. The minimum atomic E-state index is -3.71. The second-order valence-corrected chi connectivity index (χ2v) is 10.3. The summed E-state index contributed by atoms with van der Waals surface area (Å²) in [6, 6.07) is 3.35. The van der Waals surface area contributed by atoms with Crippen molar-refractivity contribution in [3.63, 3.8) is 0 Å². The van der Waals surface area contributed by atoms with Gasteiger partial charge in [0.1, 0.15) is 11.5 Å². The standard InChI is InChI=1S/C21H25ClFN7O4S/c1-11(2)30-10-15(16-5-6-24-20(27-16)25-9-12(3)26-21(31)32)19(28-30)14-7-13(23)8-17(18(14)22)29-35(4,33)34/h5-8,10-12,26,29H,9H2,1-4H3,(H,31,32)(H,24,25,27)/t12-/m0/s1. The van der Waals surface area contributed by atoms with Crippen molar-refractivity contribution in [1.82, 2.24) is 25.1 Å². The monoisotopic (exact) mass is 525 g/mol. The van der Waals surface area contributed by atoms with Crippen LogP contribution in [0.4, 0.5) is 20.8 Å². The highest BCUT2D eigenvalue weighted by molar-refractivity contribution is 7.92. The highest BCUT2D eigenvalue weighted by atomic mass is 35.5. The van der Waals surface area contributed by atoms with Gasteiger partial charge in [-0.1, -0.05) is 11.6 Å². The maximum Gasteiger partial charge on any atom is 0.404 e. The summed E-state index contributed by atoms with van der Waals surface area (Å²) in [6.45, 7) is 5.75. The van der Waals surface area contributed by atoms with E-state index >= 15 is 0 Å². The first-order valence-electron chi connectivity index (χ1n) is 10.5. The molecule has 3 rings (SSSR count). The first kappa shape index (κ1) is 26.2. The van der Waals surface area contributed by atoms with Crippen molar-refractivity contribution in [2.75, 3.05) is 22.8 Å². The van der Waals surface area contributed by atoms with Crippen molar-refractivity contribution in [3.8, 4) is 22.5 Å². The highest BCUT2D eigenvalue weighted by Gasteiger charge is 2.22. The molecule has 11 nitrogen and oxygen atoms in total. The number of sulfonamides is 1. The van der Waals surface area contributed by atoms with Gasteiger partial charge >= 0.3 is 6.09 Å². The Hall–Kier alpha value is -3.45. The number of hydrogen-bond donors (Lipinski definition) is 4. The average molecular weight is 526 g/mol. The number of rotatable bonds is 9. The average Bonchev–Trinajstić information content (AvgIpc) is 3.19. The Kier molecular flexibility index (Phi) is 7.80. The van der Waals surface area contributed by atoms with Gasteiger partial charge in [0.25, 0.3) is 0 Å². The lowest BCUT2D eigenvalue weighted by atomic mass is 10.0. The van der Waals surface area contributed by atoms with E-state index in [1.54, 1.807) is 23.9 Å². The second kappa shape index (κ2) is 10.4. The van der Waals surface area contributed by atoms with Gasteiger partial charge in [0.15, 0.2) is 0 Å². The Morgan fingerprint density at radius 1 is 1.26 bits per heavy atom. The van der Waals surface area contributed by atoms with E-state index < -0.39 is 28.0 Å². The van der Waals surface area contributed by atoms with Crippen LogP contribution in [0.2, 0.25) is 5.02 Å². The molecule has 2 heterocycles. The molecule has 1 amide bonds. The summed E-state index contributed by atoms with van der Waals surface area (Å²) in [5, 5.41) is 18.7. The molecule has 3 aromatic rings. The van der Waals surface area contributed by atoms with Gasteiger partial charge in [-0.05, 0) is 39.0 Å². The topological polar surface area (TPSA) is 151 Å². The van der Waals surface area contributed by atoms with Gasteiger partial charge in [-0.3, -0.25) is 9.40 Å². The lowest BCUT2D eigenvalue weighted by Gasteiger charge is -2.13. The molecule has 0 aliphatic rings. The molecule has 0 spiro atoms. The normalized spacial score (nSPS) is 12.4. The molecule has 0 aliphatic carbocycles. The Morgan fingerprint density at radius 2 is 1.97 bits per heavy atom. The fraction of sp³-hybridized carbons (Fsp3) is 0.333. The van der Waals surface area contributed by atoms with Crippen molar-refractivity contribution in [2.24, 2.45) is 0 Å². The van der Waals surface area contributed by atoms with Crippen LogP contribution in [0.1, 0.15) is 26.8 Å². The summed E-state index contributed by atoms with van der Waals surface area (Å²) in [6.07, 6.45) is 3.04. The zero-order valence-electron chi connectivity index (χ0n) is 19.4. The van der Waals surface area contributed by atoms with Crippen molar-refractivity contribution in [2.45, 2.75) is 32.9 Å². The third-order valence-corrected chi connectivity index (χ3v) is 5.71. The maximum atomic E-state index is 14.5. The fourth-order valence-corrected chi connectivity index (χ4v) is 4.04. The van der Waals surface area contributed by atoms with Gasteiger partial charge in [0.05, 0.1) is 22.7 Å². The lowest BCUT2D eigenvalue weighted by Crippen LogP contribution is -2.36. The molecule has 1 aromatic carbocycles. The SMILES string of the molecule is CC(C)n1cc(-c2ccnc(NC[C@H](C)NC(=O)O)n2)c(-c2cc(F)cc(NS(C)(=O)=O)c2Cl)n1. The van der Waals surface area contributed by atoms with E-state index in [0.717, 1.165) is 12.3 Å². The highest BCUT2D eigenvalue weighted by Crippen LogP contribution is 2.39. The third kappa shape index (κ3) is 6.79. The van der Waals surface area contributed by atoms with Gasteiger partial charge in [-0.15, -0.1) is 0 Å². The van der Waals surface area contributed by atoms with Gasteiger partial charge in [-0.25, -0.2) is 27.6 Å². The number of nitrogens with zero attached hydrogens (tertiary/aromatic N) is 4. The van der Waals surface area contributed by atoms with Crippen LogP contribution in [-0.4, -0.2) is 58.2 Å². The summed E-state index contributed by atoms with van der Waals surface area (Å²) >= 11 is 6.48. The van der Waals surface area contributed by atoms with Crippen LogP contribution in [-0.2, 0) is 10.0 Å².